The summed E-state index contributed by atoms with van der Waals surface area (Å²) in [5, 5.41) is 4.54. The minimum atomic E-state index is -0.505. The third-order valence-corrected chi connectivity index (χ3v) is 6.25. The molecule has 0 saturated heterocycles. The average Bonchev–Trinajstić information content (AvgIpc) is 2.93. The SMILES string of the molecule is C=Nc1c(N[C@@H](C)c2cc3cccc(-c4cnc(OC)nc4)c3c(=O)n2-c2ccccc2)nc(=O)[nH]c1C. The van der Waals surface area contributed by atoms with Crippen molar-refractivity contribution in [3.8, 4) is 22.8 Å². The Kier molecular flexibility index (Phi) is 6.53. The summed E-state index contributed by atoms with van der Waals surface area (Å²) < 4.78 is 6.74. The lowest BCUT2D eigenvalue weighted by atomic mass is 9.99. The van der Waals surface area contributed by atoms with Crippen molar-refractivity contribution in [1.82, 2.24) is 24.5 Å². The highest BCUT2D eigenvalue weighted by molar-refractivity contribution is 5.96. The molecule has 190 valence electrons. The molecule has 0 aliphatic carbocycles. The van der Waals surface area contributed by atoms with Crippen LogP contribution in [-0.2, 0) is 0 Å². The molecular formula is C28H25N7O3. The average molecular weight is 508 g/mol. The lowest BCUT2D eigenvalue weighted by Gasteiger charge is -2.22. The van der Waals surface area contributed by atoms with Crippen molar-refractivity contribution in [2.24, 2.45) is 4.99 Å². The van der Waals surface area contributed by atoms with Gasteiger partial charge in [-0.15, -0.1) is 0 Å². The number of aromatic nitrogens is 5. The Bertz CT molecular complexity index is 1760. The van der Waals surface area contributed by atoms with E-state index in [-0.39, 0.29) is 17.4 Å². The van der Waals surface area contributed by atoms with Gasteiger partial charge in [-0.3, -0.25) is 14.4 Å². The van der Waals surface area contributed by atoms with Crippen molar-refractivity contribution in [2.75, 3.05) is 12.4 Å². The van der Waals surface area contributed by atoms with Crippen molar-refractivity contribution in [3.05, 3.63) is 99.2 Å². The quantitative estimate of drug-likeness (QED) is 0.314. The van der Waals surface area contributed by atoms with Crippen LogP contribution in [0.2, 0.25) is 0 Å². The summed E-state index contributed by atoms with van der Waals surface area (Å²) in [5.74, 6) is 0.282. The van der Waals surface area contributed by atoms with Gasteiger partial charge in [0.15, 0.2) is 5.82 Å². The molecule has 3 heterocycles. The number of nitrogens with one attached hydrogen (secondary N) is 2. The smallest absolute Gasteiger partial charge is 0.347 e. The Hall–Kier alpha value is -5.12. The van der Waals surface area contributed by atoms with Crippen molar-refractivity contribution in [2.45, 2.75) is 19.9 Å². The van der Waals surface area contributed by atoms with E-state index in [0.717, 1.165) is 5.39 Å². The van der Waals surface area contributed by atoms with Gasteiger partial charge in [0, 0.05) is 35.0 Å². The molecule has 0 aliphatic heterocycles. The van der Waals surface area contributed by atoms with Crippen LogP contribution in [0.1, 0.15) is 24.4 Å². The van der Waals surface area contributed by atoms with Crippen LogP contribution >= 0.6 is 0 Å². The molecule has 5 rings (SSSR count). The third kappa shape index (κ3) is 4.43. The number of H-pyrrole nitrogens is 1. The fraction of sp³-hybridized carbons (Fsp3) is 0.143. The number of fused-ring (bicyclic) bond motifs is 1. The van der Waals surface area contributed by atoms with Gasteiger partial charge < -0.3 is 15.0 Å². The Morgan fingerprint density at radius 1 is 1.08 bits per heavy atom. The van der Waals surface area contributed by atoms with Crippen LogP contribution in [0.15, 0.2) is 81.6 Å². The number of methoxy groups -OCH3 is 1. The second kappa shape index (κ2) is 10.1. The number of aromatic amines is 1. The Balaban J connectivity index is 1.73. The van der Waals surface area contributed by atoms with Gasteiger partial charge >= 0.3 is 11.7 Å². The first-order valence-corrected chi connectivity index (χ1v) is 11.9. The third-order valence-electron chi connectivity index (χ3n) is 6.25. The number of anilines is 1. The fourth-order valence-electron chi connectivity index (χ4n) is 4.50. The van der Waals surface area contributed by atoms with Crippen LogP contribution in [-0.4, -0.2) is 38.3 Å². The molecule has 0 radical (unpaired) electrons. The molecule has 0 fully saturated rings. The van der Waals surface area contributed by atoms with E-state index in [1.54, 1.807) is 23.9 Å². The molecule has 0 amide bonds. The van der Waals surface area contributed by atoms with Crippen molar-refractivity contribution < 1.29 is 4.74 Å². The zero-order chi connectivity index (χ0) is 26.8. The van der Waals surface area contributed by atoms with E-state index < -0.39 is 11.7 Å². The zero-order valence-corrected chi connectivity index (χ0v) is 21.1. The highest BCUT2D eigenvalue weighted by Crippen LogP contribution is 2.31. The molecule has 0 bridgehead atoms. The number of rotatable bonds is 7. The molecule has 0 saturated carbocycles. The van der Waals surface area contributed by atoms with Gasteiger partial charge in [-0.1, -0.05) is 36.4 Å². The van der Waals surface area contributed by atoms with Crippen molar-refractivity contribution in [3.63, 3.8) is 0 Å². The normalized spacial score (nSPS) is 11.8. The Morgan fingerprint density at radius 3 is 2.50 bits per heavy atom. The molecule has 0 aliphatic rings. The van der Waals surface area contributed by atoms with E-state index in [2.05, 4.69) is 37.0 Å². The first kappa shape index (κ1) is 24.6. The number of nitrogens with zero attached hydrogens (tertiary/aromatic N) is 5. The molecule has 10 nitrogen and oxygen atoms in total. The molecule has 3 aromatic heterocycles. The number of aryl methyl sites for hydroxylation is 1. The van der Waals surface area contributed by atoms with Crippen LogP contribution in [0.4, 0.5) is 11.5 Å². The Labute approximate surface area is 217 Å². The van der Waals surface area contributed by atoms with Gasteiger partial charge in [-0.05, 0) is 49.7 Å². The number of aliphatic imine (C=N–C) groups is 1. The summed E-state index contributed by atoms with van der Waals surface area (Å²) >= 11 is 0. The van der Waals surface area contributed by atoms with Crippen LogP contribution in [0, 0.1) is 6.92 Å². The molecule has 10 heteroatoms. The second-order valence-corrected chi connectivity index (χ2v) is 8.66. The molecule has 0 spiro atoms. The summed E-state index contributed by atoms with van der Waals surface area (Å²) in [6.45, 7) is 7.23. The van der Waals surface area contributed by atoms with Gasteiger partial charge in [0.25, 0.3) is 5.56 Å². The van der Waals surface area contributed by atoms with E-state index in [9.17, 15) is 9.59 Å². The summed E-state index contributed by atoms with van der Waals surface area (Å²) in [5.41, 5.74) is 3.03. The van der Waals surface area contributed by atoms with Gasteiger partial charge in [-0.25, -0.2) is 14.8 Å². The van der Waals surface area contributed by atoms with Crippen molar-refractivity contribution >= 4 is 29.0 Å². The van der Waals surface area contributed by atoms with Crippen LogP contribution in [0.3, 0.4) is 0 Å². The van der Waals surface area contributed by atoms with Gasteiger partial charge in [0.1, 0.15) is 5.69 Å². The maximum absolute atomic E-state index is 14.2. The number of pyridine rings is 1. The number of hydrogen-bond acceptors (Lipinski definition) is 8. The number of ether oxygens (including phenoxy) is 1. The fourth-order valence-corrected chi connectivity index (χ4v) is 4.50. The van der Waals surface area contributed by atoms with Crippen LogP contribution < -0.4 is 21.3 Å². The minimum absolute atomic E-state index is 0.208. The summed E-state index contributed by atoms with van der Waals surface area (Å²) in [7, 11) is 1.50. The predicted molar refractivity (Wildman–Crippen MR) is 148 cm³/mol. The van der Waals surface area contributed by atoms with E-state index in [0.29, 0.717) is 39.3 Å². The molecule has 0 unspecified atom stereocenters. The molecular weight excluding hydrogens is 482 g/mol. The number of hydrogen-bond donors (Lipinski definition) is 2. The van der Waals surface area contributed by atoms with E-state index in [1.807, 2.05) is 61.5 Å². The predicted octanol–water partition coefficient (Wildman–Crippen LogP) is 4.35. The Morgan fingerprint density at radius 2 is 1.82 bits per heavy atom. The first-order chi connectivity index (χ1) is 18.4. The summed E-state index contributed by atoms with van der Waals surface area (Å²) in [6, 6.07) is 16.8. The molecule has 2 N–H and O–H groups in total. The molecule has 38 heavy (non-hydrogen) atoms. The zero-order valence-electron chi connectivity index (χ0n) is 21.1. The largest absolute Gasteiger partial charge is 0.467 e. The highest BCUT2D eigenvalue weighted by Gasteiger charge is 2.20. The van der Waals surface area contributed by atoms with E-state index >= 15 is 0 Å². The van der Waals surface area contributed by atoms with E-state index in [4.69, 9.17) is 4.74 Å². The standard InChI is InChI=1S/C28H25N7O3/c1-16(32-25-24(29-3)17(2)33-27(37)34-25)22-13-18-9-8-12-21(19-14-30-28(38-4)31-15-19)23(18)26(36)35(22)20-10-6-5-7-11-20/h5-16H,3H2,1-2,4H3,(H2,32,33,34,37)/t16-/m0/s1. The topological polar surface area (TPSA) is 127 Å². The maximum atomic E-state index is 14.2. The first-order valence-electron chi connectivity index (χ1n) is 11.9. The lowest BCUT2D eigenvalue weighted by molar-refractivity contribution is 0.380. The summed E-state index contributed by atoms with van der Waals surface area (Å²) in [4.78, 5) is 45.5. The van der Waals surface area contributed by atoms with Gasteiger partial charge in [0.05, 0.1) is 18.5 Å². The van der Waals surface area contributed by atoms with E-state index in [1.165, 1.54) is 7.11 Å². The molecule has 2 aromatic carbocycles. The van der Waals surface area contributed by atoms with Crippen LogP contribution in [0.5, 0.6) is 6.01 Å². The molecule has 5 aromatic rings. The lowest BCUT2D eigenvalue weighted by Crippen LogP contribution is -2.26. The second-order valence-electron chi connectivity index (χ2n) is 8.66. The highest BCUT2D eigenvalue weighted by atomic mass is 16.5. The van der Waals surface area contributed by atoms with Crippen LogP contribution in [0.25, 0.3) is 27.6 Å². The van der Waals surface area contributed by atoms with Crippen molar-refractivity contribution in [1.29, 1.82) is 0 Å². The maximum Gasteiger partial charge on any atom is 0.347 e. The number of para-hydroxylation sites is 1. The summed E-state index contributed by atoms with van der Waals surface area (Å²) in [6.07, 6.45) is 3.27. The monoisotopic (exact) mass is 507 g/mol. The minimum Gasteiger partial charge on any atom is -0.467 e. The van der Waals surface area contributed by atoms with Gasteiger partial charge in [0.2, 0.25) is 0 Å². The number of benzene rings is 2. The molecule has 1 atom stereocenters. The van der Waals surface area contributed by atoms with Gasteiger partial charge in [-0.2, -0.15) is 4.98 Å².